The number of nitrogens with zero attached hydrogens (tertiary/aromatic N) is 1. The topological polar surface area (TPSA) is 52.6 Å². The van der Waals surface area contributed by atoms with Crippen molar-refractivity contribution in [1.82, 2.24) is 10.2 Å². The van der Waals surface area contributed by atoms with Crippen LogP contribution in [0.2, 0.25) is 0 Å². The highest BCUT2D eigenvalue weighted by atomic mass is 35.5. The van der Waals surface area contributed by atoms with Crippen LogP contribution >= 0.6 is 12.4 Å². The Morgan fingerprint density at radius 3 is 2.68 bits per heavy atom. The van der Waals surface area contributed by atoms with Crippen LogP contribution in [0, 0.1) is 11.3 Å². The Morgan fingerprint density at radius 2 is 2.16 bits per heavy atom. The molecule has 2 heterocycles. The molecule has 8 heteroatoms. The summed E-state index contributed by atoms with van der Waals surface area (Å²) in [7, 11) is 0. The van der Waals surface area contributed by atoms with Crippen molar-refractivity contribution in [2.75, 3.05) is 32.8 Å². The third-order valence-electron chi connectivity index (χ3n) is 3.97. The summed E-state index contributed by atoms with van der Waals surface area (Å²) in [5.74, 6) is -0.313. The summed E-state index contributed by atoms with van der Waals surface area (Å²) in [5.41, 5.74) is -0.353. The van der Waals surface area contributed by atoms with Gasteiger partial charge in [0.25, 0.3) is 0 Å². The van der Waals surface area contributed by atoms with Gasteiger partial charge in [-0.05, 0) is 5.92 Å². The van der Waals surface area contributed by atoms with Crippen LogP contribution in [0.5, 0.6) is 0 Å². The Balaban J connectivity index is 0.00000180. The van der Waals surface area contributed by atoms with Gasteiger partial charge >= 0.3 is 6.18 Å². The Labute approximate surface area is 115 Å². The zero-order chi connectivity index (χ0) is 13.4. The minimum absolute atomic E-state index is 0. The number of amides is 1. The van der Waals surface area contributed by atoms with E-state index < -0.39 is 24.9 Å². The van der Waals surface area contributed by atoms with Gasteiger partial charge in [0.05, 0.1) is 13.0 Å². The van der Waals surface area contributed by atoms with Crippen molar-refractivity contribution < 1.29 is 23.1 Å². The van der Waals surface area contributed by atoms with Crippen LogP contribution in [0.3, 0.4) is 0 Å². The van der Waals surface area contributed by atoms with Gasteiger partial charge in [0.2, 0.25) is 5.91 Å². The number of carbonyl (C=O) groups is 1. The standard InChI is InChI=1S/C11H17F3N2O2.ClH/c12-11(13,14)2-1-9(18)16-4-8-3-15-5-10(8,6-16)7-17;/h8,15,17H,1-7H2;1H. The molecule has 0 bridgehead atoms. The summed E-state index contributed by atoms with van der Waals surface area (Å²) >= 11 is 0. The number of likely N-dealkylation sites (tertiary alicyclic amines) is 1. The van der Waals surface area contributed by atoms with Gasteiger partial charge in [-0.25, -0.2) is 0 Å². The number of alkyl halides is 3. The van der Waals surface area contributed by atoms with E-state index in [-0.39, 0.29) is 30.3 Å². The third kappa shape index (κ3) is 3.52. The maximum atomic E-state index is 12.1. The third-order valence-corrected chi connectivity index (χ3v) is 3.97. The molecule has 0 aromatic rings. The first kappa shape index (κ1) is 16.5. The first-order valence-electron chi connectivity index (χ1n) is 6.02. The number of rotatable bonds is 3. The summed E-state index contributed by atoms with van der Waals surface area (Å²) in [5, 5.41) is 12.6. The number of fused-ring (bicyclic) bond motifs is 1. The number of hydrogen-bond donors (Lipinski definition) is 2. The van der Waals surface area contributed by atoms with Gasteiger partial charge in [-0.1, -0.05) is 0 Å². The largest absolute Gasteiger partial charge is 0.396 e. The van der Waals surface area contributed by atoms with Crippen molar-refractivity contribution in [2.24, 2.45) is 11.3 Å². The second kappa shape index (κ2) is 5.85. The Kier molecular flexibility index (Phi) is 5.08. The molecular formula is C11H18ClF3N2O2. The summed E-state index contributed by atoms with van der Waals surface area (Å²) in [4.78, 5) is 13.2. The molecule has 4 nitrogen and oxygen atoms in total. The Hall–Kier alpha value is -0.530. The van der Waals surface area contributed by atoms with Crippen LogP contribution in [0.25, 0.3) is 0 Å². The Morgan fingerprint density at radius 1 is 1.47 bits per heavy atom. The van der Waals surface area contributed by atoms with Crippen molar-refractivity contribution in [2.45, 2.75) is 19.0 Å². The highest BCUT2D eigenvalue weighted by Gasteiger charge is 2.50. The number of carbonyl (C=O) groups excluding carboxylic acids is 1. The molecule has 0 aromatic heterocycles. The van der Waals surface area contributed by atoms with E-state index in [4.69, 9.17) is 0 Å². The maximum absolute atomic E-state index is 12.1. The molecule has 0 aromatic carbocycles. The number of hydrogen-bond acceptors (Lipinski definition) is 3. The van der Waals surface area contributed by atoms with E-state index in [1.54, 1.807) is 0 Å². The molecule has 2 unspecified atom stereocenters. The normalized spacial score (nSPS) is 30.1. The van der Waals surface area contributed by atoms with Crippen LogP contribution < -0.4 is 5.32 Å². The lowest BCUT2D eigenvalue weighted by atomic mass is 9.82. The lowest BCUT2D eigenvalue weighted by Gasteiger charge is -2.25. The van der Waals surface area contributed by atoms with Crippen LogP contribution in [0.4, 0.5) is 13.2 Å². The molecule has 0 saturated carbocycles. The summed E-state index contributed by atoms with van der Waals surface area (Å²) in [6.07, 6.45) is -5.86. The van der Waals surface area contributed by atoms with Crippen molar-refractivity contribution in [3.8, 4) is 0 Å². The van der Waals surface area contributed by atoms with E-state index in [0.29, 0.717) is 26.2 Å². The molecule has 2 fully saturated rings. The first-order valence-corrected chi connectivity index (χ1v) is 6.02. The highest BCUT2D eigenvalue weighted by Crippen LogP contribution is 2.38. The summed E-state index contributed by atoms with van der Waals surface area (Å²) < 4.78 is 36.2. The molecule has 19 heavy (non-hydrogen) atoms. The summed E-state index contributed by atoms with van der Waals surface area (Å²) in [6, 6.07) is 0. The predicted octanol–water partition coefficient (Wildman–Crippen LogP) is 0.791. The van der Waals surface area contributed by atoms with E-state index in [1.165, 1.54) is 4.90 Å². The minimum Gasteiger partial charge on any atom is -0.396 e. The van der Waals surface area contributed by atoms with Crippen molar-refractivity contribution >= 4 is 18.3 Å². The van der Waals surface area contributed by atoms with Gasteiger partial charge in [-0.2, -0.15) is 13.2 Å². The van der Waals surface area contributed by atoms with Crippen molar-refractivity contribution in [3.63, 3.8) is 0 Å². The van der Waals surface area contributed by atoms with Crippen LogP contribution in [-0.2, 0) is 4.79 Å². The number of nitrogens with one attached hydrogen (secondary N) is 1. The van der Waals surface area contributed by atoms with Gasteiger partial charge in [0.1, 0.15) is 0 Å². The van der Waals surface area contributed by atoms with E-state index in [2.05, 4.69) is 5.32 Å². The van der Waals surface area contributed by atoms with Crippen molar-refractivity contribution in [3.05, 3.63) is 0 Å². The van der Waals surface area contributed by atoms with Crippen LogP contribution in [0.15, 0.2) is 0 Å². The molecule has 1 amide bonds. The van der Waals surface area contributed by atoms with Crippen LogP contribution in [0.1, 0.15) is 12.8 Å². The lowest BCUT2D eigenvalue weighted by molar-refractivity contribution is -0.148. The Bertz CT molecular complexity index is 340. The maximum Gasteiger partial charge on any atom is 0.389 e. The first-order chi connectivity index (χ1) is 8.36. The monoisotopic (exact) mass is 302 g/mol. The number of aliphatic hydroxyl groups is 1. The SMILES string of the molecule is Cl.O=C(CCC(F)(F)F)N1CC2CNCC2(CO)C1. The fraction of sp³-hybridized carbons (Fsp3) is 0.909. The average Bonchev–Trinajstić information content (AvgIpc) is 2.81. The molecule has 0 spiro atoms. The van der Waals surface area contributed by atoms with Gasteiger partial charge < -0.3 is 15.3 Å². The molecular weight excluding hydrogens is 285 g/mol. The fourth-order valence-corrected chi connectivity index (χ4v) is 2.84. The minimum atomic E-state index is -4.29. The zero-order valence-corrected chi connectivity index (χ0v) is 11.2. The quantitative estimate of drug-likeness (QED) is 0.810. The summed E-state index contributed by atoms with van der Waals surface area (Å²) in [6.45, 7) is 2.11. The molecule has 2 saturated heterocycles. The number of halogens is 4. The molecule has 0 radical (unpaired) electrons. The molecule has 2 aliphatic rings. The van der Waals surface area contributed by atoms with Gasteiger partial charge in [0.15, 0.2) is 0 Å². The molecule has 2 atom stereocenters. The highest BCUT2D eigenvalue weighted by molar-refractivity contribution is 5.85. The average molecular weight is 303 g/mol. The molecule has 2 rings (SSSR count). The van der Waals surface area contributed by atoms with Gasteiger partial charge in [-0.3, -0.25) is 4.79 Å². The van der Waals surface area contributed by atoms with Gasteiger partial charge in [-0.15, -0.1) is 12.4 Å². The molecule has 2 aliphatic heterocycles. The van der Waals surface area contributed by atoms with E-state index in [0.717, 1.165) is 0 Å². The van der Waals surface area contributed by atoms with Crippen molar-refractivity contribution in [1.29, 1.82) is 0 Å². The lowest BCUT2D eigenvalue weighted by Crippen LogP contribution is -2.38. The molecule has 112 valence electrons. The smallest absolute Gasteiger partial charge is 0.389 e. The van der Waals surface area contributed by atoms with E-state index in [9.17, 15) is 23.1 Å². The zero-order valence-electron chi connectivity index (χ0n) is 10.4. The van der Waals surface area contributed by atoms with E-state index >= 15 is 0 Å². The second-order valence-corrected chi connectivity index (χ2v) is 5.24. The molecule has 0 aliphatic carbocycles. The van der Waals surface area contributed by atoms with Crippen LogP contribution in [-0.4, -0.2) is 54.9 Å². The van der Waals surface area contributed by atoms with Gasteiger partial charge in [0, 0.05) is 38.0 Å². The number of aliphatic hydroxyl groups excluding tert-OH is 1. The molecule has 2 N–H and O–H groups in total. The predicted molar refractivity (Wildman–Crippen MR) is 65.0 cm³/mol. The van der Waals surface area contributed by atoms with E-state index in [1.807, 2.05) is 0 Å². The fourth-order valence-electron chi connectivity index (χ4n) is 2.84. The second-order valence-electron chi connectivity index (χ2n) is 5.24.